The van der Waals surface area contributed by atoms with Crippen molar-refractivity contribution in [3.8, 4) is 0 Å². The minimum Gasteiger partial charge on any atom is -0.305 e. The first-order valence-corrected chi connectivity index (χ1v) is 8.72. The highest BCUT2D eigenvalue weighted by molar-refractivity contribution is 6.31. The summed E-state index contributed by atoms with van der Waals surface area (Å²) >= 11 is 6.08. The van der Waals surface area contributed by atoms with Gasteiger partial charge < -0.3 is 5.32 Å². The number of aryl methyl sites for hydroxylation is 2. The Hall–Kier alpha value is -2.66. The molecule has 0 spiro atoms. The zero-order chi connectivity index (χ0) is 18.7. The number of anilines is 1. The third kappa shape index (κ3) is 4.11. The Morgan fingerprint density at radius 1 is 1.19 bits per heavy atom. The smallest absolute Gasteiger partial charge is 0.256 e. The second kappa shape index (κ2) is 7.70. The highest BCUT2D eigenvalue weighted by Gasteiger charge is 2.11. The van der Waals surface area contributed by atoms with Gasteiger partial charge in [-0.2, -0.15) is 5.10 Å². The first-order chi connectivity index (χ1) is 12.5. The molecule has 0 aliphatic heterocycles. The van der Waals surface area contributed by atoms with Crippen molar-refractivity contribution in [1.82, 2.24) is 9.78 Å². The standard InChI is InChI=1S/C20H19ClFN3O/c1-3-14-4-6-15(7-5-14)20(26)23-19-10-13(2)25(24-19)12-16-8-9-17(22)11-18(16)21/h4-11H,3,12H2,1-2H3,(H,23,24,26). The molecule has 3 aromatic rings. The van der Waals surface area contributed by atoms with Crippen LogP contribution in [0.1, 0.15) is 34.1 Å². The maximum Gasteiger partial charge on any atom is 0.256 e. The lowest BCUT2D eigenvalue weighted by Gasteiger charge is -2.07. The van der Waals surface area contributed by atoms with Gasteiger partial charge in [-0.15, -0.1) is 0 Å². The average molecular weight is 372 g/mol. The third-order valence-corrected chi connectivity index (χ3v) is 4.53. The van der Waals surface area contributed by atoms with Crippen LogP contribution in [0.3, 0.4) is 0 Å². The van der Waals surface area contributed by atoms with Crippen LogP contribution in [0.5, 0.6) is 0 Å². The Labute approximate surface area is 156 Å². The van der Waals surface area contributed by atoms with Gasteiger partial charge in [0.25, 0.3) is 5.91 Å². The summed E-state index contributed by atoms with van der Waals surface area (Å²) in [6.07, 6.45) is 0.928. The molecule has 2 aromatic carbocycles. The van der Waals surface area contributed by atoms with Gasteiger partial charge in [-0.25, -0.2) is 4.39 Å². The molecule has 0 unspecified atom stereocenters. The Morgan fingerprint density at radius 2 is 1.92 bits per heavy atom. The number of hydrogen-bond donors (Lipinski definition) is 1. The lowest BCUT2D eigenvalue weighted by Crippen LogP contribution is -2.13. The largest absolute Gasteiger partial charge is 0.305 e. The summed E-state index contributed by atoms with van der Waals surface area (Å²) in [5.74, 6) is -0.125. The number of rotatable bonds is 5. The summed E-state index contributed by atoms with van der Waals surface area (Å²) in [4.78, 5) is 12.4. The van der Waals surface area contributed by atoms with Crippen molar-refractivity contribution in [2.75, 3.05) is 5.32 Å². The molecule has 1 N–H and O–H groups in total. The number of halogens is 2. The molecule has 1 aromatic heterocycles. The normalized spacial score (nSPS) is 10.8. The lowest BCUT2D eigenvalue weighted by molar-refractivity contribution is 0.102. The number of carbonyl (C=O) groups is 1. The molecular weight excluding hydrogens is 353 g/mol. The van der Waals surface area contributed by atoms with Crippen LogP contribution < -0.4 is 5.32 Å². The Balaban J connectivity index is 1.73. The van der Waals surface area contributed by atoms with Crippen LogP contribution >= 0.6 is 11.6 Å². The molecule has 0 radical (unpaired) electrons. The predicted molar refractivity (Wildman–Crippen MR) is 101 cm³/mol. The van der Waals surface area contributed by atoms with Crippen molar-refractivity contribution in [3.05, 3.63) is 81.8 Å². The van der Waals surface area contributed by atoms with E-state index >= 15 is 0 Å². The molecule has 3 rings (SSSR count). The fourth-order valence-electron chi connectivity index (χ4n) is 2.62. The van der Waals surface area contributed by atoms with Crippen molar-refractivity contribution < 1.29 is 9.18 Å². The predicted octanol–water partition coefficient (Wildman–Crippen LogP) is 4.85. The van der Waals surface area contributed by atoms with Crippen molar-refractivity contribution in [3.63, 3.8) is 0 Å². The van der Waals surface area contributed by atoms with Gasteiger partial charge in [0.05, 0.1) is 6.54 Å². The molecule has 0 bridgehead atoms. The van der Waals surface area contributed by atoms with Gasteiger partial charge in [-0.3, -0.25) is 9.48 Å². The van der Waals surface area contributed by atoms with E-state index in [4.69, 9.17) is 11.6 Å². The van der Waals surface area contributed by atoms with E-state index in [1.54, 1.807) is 28.9 Å². The number of amides is 1. The number of nitrogens with zero attached hydrogens (tertiary/aromatic N) is 2. The molecule has 1 heterocycles. The topological polar surface area (TPSA) is 46.9 Å². The molecular formula is C20H19ClFN3O. The van der Waals surface area contributed by atoms with Crippen LogP contribution in [0.2, 0.25) is 5.02 Å². The molecule has 6 heteroatoms. The zero-order valence-corrected chi connectivity index (χ0v) is 15.3. The molecule has 1 amide bonds. The third-order valence-electron chi connectivity index (χ3n) is 4.18. The van der Waals surface area contributed by atoms with Gasteiger partial charge in [0.1, 0.15) is 5.82 Å². The van der Waals surface area contributed by atoms with Gasteiger partial charge in [0.2, 0.25) is 0 Å². The molecule has 0 saturated heterocycles. The van der Waals surface area contributed by atoms with E-state index in [1.807, 2.05) is 19.1 Å². The van der Waals surface area contributed by atoms with E-state index in [-0.39, 0.29) is 11.7 Å². The molecule has 4 nitrogen and oxygen atoms in total. The Bertz CT molecular complexity index is 935. The molecule has 26 heavy (non-hydrogen) atoms. The van der Waals surface area contributed by atoms with Crippen molar-refractivity contribution in [1.29, 1.82) is 0 Å². The summed E-state index contributed by atoms with van der Waals surface area (Å²) in [5, 5.41) is 7.55. The first kappa shape index (κ1) is 18.1. The number of carbonyl (C=O) groups excluding carboxylic acids is 1. The van der Waals surface area contributed by atoms with Crippen molar-refractivity contribution in [2.24, 2.45) is 0 Å². The van der Waals surface area contributed by atoms with Gasteiger partial charge >= 0.3 is 0 Å². The van der Waals surface area contributed by atoms with E-state index in [9.17, 15) is 9.18 Å². The maximum absolute atomic E-state index is 13.2. The Kier molecular flexibility index (Phi) is 5.38. The first-order valence-electron chi connectivity index (χ1n) is 8.35. The molecule has 0 atom stereocenters. The van der Waals surface area contributed by atoms with Crippen LogP contribution in [-0.4, -0.2) is 15.7 Å². The van der Waals surface area contributed by atoms with Gasteiger partial charge in [0, 0.05) is 22.3 Å². The summed E-state index contributed by atoms with van der Waals surface area (Å²) in [6.45, 7) is 4.35. The van der Waals surface area contributed by atoms with Crippen LogP contribution in [-0.2, 0) is 13.0 Å². The minimum atomic E-state index is -0.377. The quantitative estimate of drug-likeness (QED) is 0.697. The van der Waals surface area contributed by atoms with Crippen molar-refractivity contribution >= 4 is 23.3 Å². The van der Waals surface area contributed by atoms with E-state index in [2.05, 4.69) is 17.3 Å². The van der Waals surface area contributed by atoms with Crippen LogP contribution in [0.25, 0.3) is 0 Å². The summed E-state index contributed by atoms with van der Waals surface area (Å²) < 4.78 is 14.9. The molecule has 0 saturated carbocycles. The van der Waals surface area contributed by atoms with Crippen LogP contribution in [0.15, 0.2) is 48.5 Å². The molecule has 134 valence electrons. The maximum atomic E-state index is 13.2. The summed E-state index contributed by atoms with van der Waals surface area (Å²) in [7, 11) is 0. The molecule has 0 aliphatic rings. The highest BCUT2D eigenvalue weighted by atomic mass is 35.5. The number of benzene rings is 2. The summed E-state index contributed by atoms with van der Waals surface area (Å²) in [5.41, 5.74) is 3.38. The number of nitrogens with one attached hydrogen (secondary N) is 1. The fourth-order valence-corrected chi connectivity index (χ4v) is 2.85. The van der Waals surface area contributed by atoms with E-state index < -0.39 is 0 Å². The fraction of sp³-hybridized carbons (Fsp3) is 0.200. The van der Waals surface area contributed by atoms with Crippen molar-refractivity contribution in [2.45, 2.75) is 26.8 Å². The second-order valence-corrected chi connectivity index (χ2v) is 6.48. The van der Waals surface area contributed by atoms with Gasteiger partial charge in [0.15, 0.2) is 5.82 Å². The average Bonchev–Trinajstić information content (AvgIpc) is 2.96. The van der Waals surface area contributed by atoms with E-state index in [1.165, 1.54) is 17.7 Å². The molecule has 0 fully saturated rings. The Morgan fingerprint density at radius 3 is 2.58 bits per heavy atom. The minimum absolute atomic E-state index is 0.211. The number of hydrogen-bond acceptors (Lipinski definition) is 2. The van der Waals surface area contributed by atoms with Crippen LogP contribution in [0.4, 0.5) is 10.2 Å². The highest BCUT2D eigenvalue weighted by Crippen LogP contribution is 2.20. The molecule has 0 aliphatic carbocycles. The van der Waals surface area contributed by atoms with Gasteiger partial charge in [-0.1, -0.05) is 36.7 Å². The van der Waals surface area contributed by atoms with E-state index in [0.29, 0.717) is 22.9 Å². The monoisotopic (exact) mass is 371 g/mol. The lowest BCUT2D eigenvalue weighted by atomic mass is 10.1. The second-order valence-electron chi connectivity index (χ2n) is 6.07. The summed E-state index contributed by atoms with van der Waals surface area (Å²) in [6, 6.07) is 13.5. The van der Waals surface area contributed by atoms with Crippen LogP contribution in [0, 0.1) is 12.7 Å². The number of aromatic nitrogens is 2. The van der Waals surface area contributed by atoms with Gasteiger partial charge in [-0.05, 0) is 48.7 Å². The SMILES string of the molecule is CCc1ccc(C(=O)Nc2cc(C)n(Cc3ccc(F)cc3Cl)n2)cc1. The zero-order valence-electron chi connectivity index (χ0n) is 14.6. The van der Waals surface area contributed by atoms with E-state index in [0.717, 1.165) is 17.7 Å².